The van der Waals surface area contributed by atoms with Crippen molar-refractivity contribution in [3.63, 3.8) is 0 Å². The van der Waals surface area contributed by atoms with Gasteiger partial charge >= 0.3 is 5.97 Å². The number of aliphatic carboxylic acids is 1. The third-order valence-electron chi connectivity index (χ3n) is 4.17. The van der Waals surface area contributed by atoms with Crippen molar-refractivity contribution < 1.29 is 19.5 Å². The standard InChI is InChI=1S/C21H23NO4/c1-2-18(23)13-19(21(25)26)20(24)22(14-16-9-5-3-6-10-16)15-17-11-7-4-8-12-17/h3-12,19H,2,13-15H2,1H3,(H,25,26). The summed E-state index contributed by atoms with van der Waals surface area (Å²) in [5, 5.41) is 9.47. The summed E-state index contributed by atoms with van der Waals surface area (Å²) >= 11 is 0. The van der Waals surface area contributed by atoms with Crippen LogP contribution < -0.4 is 0 Å². The molecule has 0 aromatic heterocycles. The van der Waals surface area contributed by atoms with E-state index >= 15 is 0 Å². The van der Waals surface area contributed by atoms with E-state index in [4.69, 9.17) is 0 Å². The molecule has 0 radical (unpaired) electrons. The molecule has 0 aliphatic carbocycles. The molecule has 0 saturated heterocycles. The van der Waals surface area contributed by atoms with Crippen LogP contribution in [0.3, 0.4) is 0 Å². The summed E-state index contributed by atoms with van der Waals surface area (Å²) in [4.78, 5) is 37.8. The second-order valence-corrected chi connectivity index (χ2v) is 6.15. The Morgan fingerprint density at radius 2 is 1.35 bits per heavy atom. The summed E-state index contributed by atoms with van der Waals surface area (Å²) in [5.74, 6) is -3.38. The third kappa shape index (κ3) is 5.55. The van der Waals surface area contributed by atoms with Crippen LogP contribution in [0, 0.1) is 5.92 Å². The van der Waals surface area contributed by atoms with Crippen LogP contribution in [0.5, 0.6) is 0 Å². The lowest BCUT2D eigenvalue weighted by molar-refractivity contribution is -0.153. The minimum atomic E-state index is -1.35. The van der Waals surface area contributed by atoms with Crippen molar-refractivity contribution in [2.45, 2.75) is 32.9 Å². The average molecular weight is 353 g/mol. The molecule has 0 saturated carbocycles. The highest BCUT2D eigenvalue weighted by Gasteiger charge is 2.32. The lowest BCUT2D eigenvalue weighted by atomic mass is 9.99. The van der Waals surface area contributed by atoms with Crippen molar-refractivity contribution in [1.82, 2.24) is 4.90 Å². The summed E-state index contributed by atoms with van der Waals surface area (Å²) in [6, 6.07) is 18.8. The molecular formula is C21H23NO4. The average Bonchev–Trinajstić information content (AvgIpc) is 2.66. The van der Waals surface area contributed by atoms with Gasteiger partial charge in [-0.15, -0.1) is 0 Å². The van der Waals surface area contributed by atoms with Gasteiger partial charge in [-0.2, -0.15) is 0 Å². The number of Topliss-reactive ketones (excluding diaryl/α,β-unsaturated/α-hetero) is 1. The van der Waals surface area contributed by atoms with Gasteiger partial charge < -0.3 is 10.0 Å². The monoisotopic (exact) mass is 353 g/mol. The molecule has 0 fully saturated rings. The zero-order valence-corrected chi connectivity index (χ0v) is 14.8. The molecule has 0 aliphatic rings. The molecule has 136 valence electrons. The quantitative estimate of drug-likeness (QED) is 0.702. The van der Waals surface area contributed by atoms with Gasteiger partial charge in [0.1, 0.15) is 11.7 Å². The smallest absolute Gasteiger partial charge is 0.316 e. The first kappa shape index (κ1) is 19.4. The van der Waals surface area contributed by atoms with Crippen LogP contribution in [0.25, 0.3) is 0 Å². The van der Waals surface area contributed by atoms with Gasteiger partial charge in [0.25, 0.3) is 0 Å². The Labute approximate surface area is 153 Å². The van der Waals surface area contributed by atoms with Crippen LogP contribution in [-0.2, 0) is 27.5 Å². The van der Waals surface area contributed by atoms with E-state index in [1.165, 1.54) is 4.90 Å². The molecule has 5 nitrogen and oxygen atoms in total. The molecule has 0 heterocycles. The van der Waals surface area contributed by atoms with Crippen LogP contribution in [0.1, 0.15) is 30.9 Å². The van der Waals surface area contributed by atoms with Crippen molar-refractivity contribution >= 4 is 17.7 Å². The zero-order valence-electron chi connectivity index (χ0n) is 14.8. The van der Waals surface area contributed by atoms with Gasteiger partial charge in [-0.25, -0.2) is 0 Å². The Hall–Kier alpha value is -2.95. The molecule has 1 amide bonds. The largest absolute Gasteiger partial charge is 0.481 e. The molecule has 1 N–H and O–H groups in total. The van der Waals surface area contributed by atoms with Crippen molar-refractivity contribution in [1.29, 1.82) is 0 Å². The van der Waals surface area contributed by atoms with Crippen LogP contribution in [-0.4, -0.2) is 27.7 Å². The van der Waals surface area contributed by atoms with Gasteiger partial charge in [-0.3, -0.25) is 14.4 Å². The van der Waals surface area contributed by atoms with E-state index in [0.29, 0.717) is 13.1 Å². The Morgan fingerprint density at radius 1 is 0.885 bits per heavy atom. The maximum absolute atomic E-state index is 12.9. The van der Waals surface area contributed by atoms with E-state index in [1.54, 1.807) is 6.92 Å². The first-order chi connectivity index (χ1) is 12.5. The van der Waals surface area contributed by atoms with E-state index in [0.717, 1.165) is 11.1 Å². The number of carboxylic acid groups (broad SMARTS) is 1. The van der Waals surface area contributed by atoms with Gasteiger partial charge in [0.15, 0.2) is 0 Å². The summed E-state index contributed by atoms with van der Waals surface area (Å²) in [7, 11) is 0. The molecule has 26 heavy (non-hydrogen) atoms. The summed E-state index contributed by atoms with van der Waals surface area (Å²) in [6.45, 7) is 2.24. The predicted octanol–water partition coefficient (Wildman–Crippen LogP) is 3.29. The van der Waals surface area contributed by atoms with Crippen molar-refractivity contribution in [3.05, 3.63) is 71.8 Å². The number of benzene rings is 2. The van der Waals surface area contributed by atoms with Gasteiger partial charge in [-0.1, -0.05) is 67.6 Å². The maximum atomic E-state index is 12.9. The van der Waals surface area contributed by atoms with Crippen LogP contribution in [0.4, 0.5) is 0 Å². The number of amides is 1. The van der Waals surface area contributed by atoms with Crippen molar-refractivity contribution in [2.75, 3.05) is 0 Å². The number of carboxylic acids is 1. The Balaban J connectivity index is 2.26. The highest BCUT2D eigenvalue weighted by atomic mass is 16.4. The van der Waals surface area contributed by atoms with Gasteiger partial charge in [-0.05, 0) is 11.1 Å². The van der Waals surface area contributed by atoms with Gasteiger partial charge in [0.2, 0.25) is 5.91 Å². The number of rotatable bonds is 9. The van der Waals surface area contributed by atoms with Gasteiger partial charge in [0.05, 0.1) is 0 Å². The Morgan fingerprint density at radius 3 is 1.73 bits per heavy atom. The first-order valence-corrected chi connectivity index (χ1v) is 8.62. The topological polar surface area (TPSA) is 74.7 Å². The number of hydrogen-bond acceptors (Lipinski definition) is 3. The lowest BCUT2D eigenvalue weighted by Crippen LogP contribution is -2.39. The van der Waals surface area contributed by atoms with Crippen LogP contribution >= 0.6 is 0 Å². The van der Waals surface area contributed by atoms with Crippen LogP contribution in [0.15, 0.2) is 60.7 Å². The van der Waals surface area contributed by atoms with E-state index in [9.17, 15) is 19.5 Å². The fraction of sp³-hybridized carbons (Fsp3) is 0.286. The molecule has 0 bridgehead atoms. The molecular weight excluding hydrogens is 330 g/mol. The summed E-state index contributed by atoms with van der Waals surface area (Å²) in [6.07, 6.45) is -0.0564. The Bertz CT molecular complexity index is 702. The highest BCUT2D eigenvalue weighted by molar-refractivity contribution is 6.00. The minimum absolute atomic E-state index is 0.217. The van der Waals surface area contributed by atoms with E-state index in [2.05, 4.69) is 0 Å². The van der Waals surface area contributed by atoms with E-state index < -0.39 is 17.8 Å². The maximum Gasteiger partial charge on any atom is 0.316 e. The molecule has 5 heteroatoms. The fourth-order valence-electron chi connectivity index (χ4n) is 2.69. The summed E-state index contributed by atoms with van der Waals surface area (Å²) in [5.41, 5.74) is 1.81. The number of carbonyl (C=O) groups excluding carboxylic acids is 2. The normalized spacial score (nSPS) is 11.6. The second kappa shape index (κ2) is 9.51. The highest BCUT2D eigenvalue weighted by Crippen LogP contribution is 2.17. The fourth-order valence-corrected chi connectivity index (χ4v) is 2.69. The number of carbonyl (C=O) groups is 3. The summed E-state index contributed by atoms with van der Waals surface area (Å²) < 4.78 is 0. The molecule has 2 aromatic carbocycles. The number of nitrogens with zero attached hydrogens (tertiary/aromatic N) is 1. The zero-order chi connectivity index (χ0) is 18.9. The van der Waals surface area contributed by atoms with Crippen molar-refractivity contribution in [2.24, 2.45) is 5.92 Å². The molecule has 1 atom stereocenters. The van der Waals surface area contributed by atoms with Crippen molar-refractivity contribution in [3.8, 4) is 0 Å². The molecule has 2 rings (SSSR count). The Kier molecular flexibility index (Phi) is 7.09. The molecule has 2 aromatic rings. The molecule has 0 spiro atoms. The predicted molar refractivity (Wildman–Crippen MR) is 98.2 cm³/mol. The van der Waals surface area contributed by atoms with E-state index in [-0.39, 0.29) is 18.6 Å². The van der Waals surface area contributed by atoms with E-state index in [1.807, 2.05) is 60.7 Å². The van der Waals surface area contributed by atoms with Crippen LogP contribution in [0.2, 0.25) is 0 Å². The number of ketones is 1. The minimum Gasteiger partial charge on any atom is -0.481 e. The third-order valence-corrected chi connectivity index (χ3v) is 4.17. The number of hydrogen-bond donors (Lipinski definition) is 1. The molecule has 0 aliphatic heterocycles. The first-order valence-electron chi connectivity index (χ1n) is 8.62. The molecule has 1 unspecified atom stereocenters. The SMILES string of the molecule is CCC(=O)CC(C(=O)O)C(=O)N(Cc1ccccc1)Cc1ccccc1. The lowest BCUT2D eigenvalue weighted by Gasteiger charge is -2.26. The second-order valence-electron chi connectivity index (χ2n) is 6.15. The van der Waals surface area contributed by atoms with Gasteiger partial charge in [0, 0.05) is 25.9 Å².